The van der Waals surface area contributed by atoms with Gasteiger partial charge in [-0.1, -0.05) is 17.7 Å². The average molecular weight is 250 g/mol. The van der Waals surface area contributed by atoms with Gasteiger partial charge in [0.05, 0.1) is 12.7 Å². The highest BCUT2D eigenvalue weighted by Gasteiger charge is 2.08. The Labute approximate surface area is 104 Å². The highest BCUT2D eigenvalue weighted by molar-refractivity contribution is 6.31. The molecule has 0 atom stereocenters. The first-order valence-electron chi connectivity index (χ1n) is 5.24. The number of halogens is 1. The van der Waals surface area contributed by atoms with Crippen molar-refractivity contribution in [3.63, 3.8) is 0 Å². The fourth-order valence-electron chi connectivity index (χ4n) is 1.51. The Bertz CT molecular complexity index is 520. The van der Waals surface area contributed by atoms with Crippen LogP contribution in [0.3, 0.4) is 0 Å². The van der Waals surface area contributed by atoms with Gasteiger partial charge in [-0.05, 0) is 36.8 Å². The van der Waals surface area contributed by atoms with Crippen LogP contribution in [0.2, 0.25) is 5.02 Å². The molecule has 3 nitrogen and oxygen atoms in total. The number of carbonyl (C=O) groups excluding carboxylic acids is 1. The van der Waals surface area contributed by atoms with E-state index in [1.807, 2.05) is 13.0 Å². The minimum atomic E-state index is -0.120. The lowest BCUT2D eigenvalue weighted by Gasteiger charge is -2.08. The largest absolute Gasteiger partial charge is 0.469 e. The second-order valence-electron chi connectivity index (χ2n) is 3.72. The lowest BCUT2D eigenvalue weighted by atomic mass is 10.2. The van der Waals surface area contributed by atoms with Crippen molar-refractivity contribution in [2.24, 2.45) is 0 Å². The summed E-state index contributed by atoms with van der Waals surface area (Å²) in [5.74, 6) is 0.521. The maximum Gasteiger partial charge on any atom is 0.232 e. The second-order valence-corrected chi connectivity index (χ2v) is 4.12. The zero-order valence-corrected chi connectivity index (χ0v) is 10.1. The standard InChI is InChI=1S/C13H12ClNO2/c1-9-11(14)5-2-6-12(9)15-13(16)8-10-4-3-7-17-10/h2-7H,8H2,1H3,(H,15,16). The van der Waals surface area contributed by atoms with E-state index in [2.05, 4.69) is 5.32 Å². The molecule has 17 heavy (non-hydrogen) atoms. The van der Waals surface area contributed by atoms with Crippen molar-refractivity contribution in [3.05, 3.63) is 52.9 Å². The molecule has 1 heterocycles. The molecule has 2 rings (SSSR count). The summed E-state index contributed by atoms with van der Waals surface area (Å²) < 4.78 is 5.11. The van der Waals surface area contributed by atoms with Crippen molar-refractivity contribution in [1.82, 2.24) is 0 Å². The van der Waals surface area contributed by atoms with Crippen molar-refractivity contribution < 1.29 is 9.21 Å². The van der Waals surface area contributed by atoms with Gasteiger partial charge in [-0.15, -0.1) is 0 Å². The molecule has 0 saturated heterocycles. The average Bonchev–Trinajstić information content (AvgIpc) is 2.77. The zero-order valence-electron chi connectivity index (χ0n) is 9.37. The van der Waals surface area contributed by atoms with E-state index in [0.717, 1.165) is 11.3 Å². The molecule has 1 aromatic heterocycles. The number of rotatable bonds is 3. The third-order valence-electron chi connectivity index (χ3n) is 2.46. The molecule has 0 spiro atoms. The summed E-state index contributed by atoms with van der Waals surface area (Å²) in [5, 5.41) is 3.45. The number of nitrogens with one attached hydrogen (secondary N) is 1. The first-order valence-corrected chi connectivity index (χ1v) is 5.62. The van der Waals surface area contributed by atoms with E-state index in [1.54, 1.807) is 30.5 Å². The fraction of sp³-hybridized carbons (Fsp3) is 0.154. The van der Waals surface area contributed by atoms with E-state index in [1.165, 1.54) is 0 Å². The van der Waals surface area contributed by atoms with Gasteiger partial charge >= 0.3 is 0 Å². The van der Waals surface area contributed by atoms with Gasteiger partial charge in [0.15, 0.2) is 0 Å². The molecule has 0 aliphatic carbocycles. The number of amides is 1. The molecule has 2 aromatic rings. The quantitative estimate of drug-likeness (QED) is 0.906. The number of hydrogen-bond acceptors (Lipinski definition) is 2. The van der Waals surface area contributed by atoms with Gasteiger partial charge in [0.1, 0.15) is 5.76 Å². The summed E-state index contributed by atoms with van der Waals surface area (Å²) in [7, 11) is 0. The molecule has 88 valence electrons. The molecule has 0 unspecified atom stereocenters. The highest BCUT2D eigenvalue weighted by Crippen LogP contribution is 2.23. The molecule has 1 N–H and O–H groups in total. The third kappa shape index (κ3) is 2.88. The Morgan fingerprint density at radius 3 is 2.88 bits per heavy atom. The Hall–Kier alpha value is -1.74. The SMILES string of the molecule is Cc1c(Cl)cccc1NC(=O)Cc1ccco1. The second kappa shape index (κ2) is 5.06. The van der Waals surface area contributed by atoms with Crippen molar-refractivity contribution >= 4 is 23.2 Å². The zero-order chi connectivity index (χ0) is 12.3. The van der Waals surface area contributed by atoms with E-state index < -0.39 is 0 Å². The highest BCUT2D eigenvalue weighted by atomic mass is 35.5. The Morgan fingerprint density at radius 1 is 1.35 bits per heavy atom. The topological polar surface area (TPSA) is 42.2 Å². The third-order valence-corrected chi connectivity index (χ3v) is 2.87. The molecule has 0 radical (unpaired) electrons. The van der Waals surface area contributed by atoms with Crippen LogP contribution in [0.15, 0.2) is 41.0 Å². The number of furan rings is 1. The van der Waals surface area contributed by atoms with Gasteiger partial charge in [0, 0.05) is 10.7 Å². The van der Waals surface area contributed by atoms with Crippen LogP contribution in [0.4, 0.5) is 5.69 Å². The van der Waals surface area contributed by atoms with E-state index in [-0.39, 0.29) is 12.3 Å². The Morgan fingerprint density at radius 2 is 2.18 bits per heavy atom. The van der Waals surface area contributed by atoms with E-state index in [0.29, 0.717) is 10.8 Å². The summed E-state index contributed by atoms with van der Waals surface area (Å²) in [6, 6.07) is 8.94. The van der Waals surface area contributed by atoms with Gasteiger partial charge < -0.3 is 9.73 Å². The first kappa shape index (κ1) is 11.7. The molecular weight excluding hydrogens is 238 g/mol. The molecular formula is C13H12ClNO2. The summed E-state index contributed by atoms with van der Waals surface area (Å²) in [6.45, 7) is 1.87. The monoisotopic (exact) mass is 249 g/mol. The van der Waals surface area contributed by atoms with Crippen LogP contribution in [-0.4, -0.2) is 5.91 Å². The lowest BCUT2D eigenvalue weighted by Crippen LogP contribution is -2.14. The van der Waals surface area contributed by atoms with Crippen LogP contribution in [0.25, 0.3) is 0 Å². The van der Waals surface area contributed by atoms with Crippen LogP contribution >= 0.6 is 11.6 Å². The molecule has 0 saturated carbocycles. The van der Waals surface area contributed by atoms with Crippen molar-refractivity contribution in [3.8, 4) is 0 Å². The smallest absolute Gasteiger partial charge is 0.232 e. The van der Waals surface area contributed by atoms with E-state index >= 15 is 0 Å². The van der Waals surface area contributed by atoms with Crippen LogP contribution in [0.5, 0.6) is 0 Å². The van der Waals surface area contributed by atoms with Crippen molar-refractivity contribution in [2.45, 2.75) is 13.3 Å². The van der Waals surface area contributed by atoms with Gasteiger partial charge in [-0.3, -0.25) is 4.79 Å². The minimum absolute atomic E-state index is 0.120. The van der Waals surface area contributed by atoms with Crippen molar-refractivity contribution in [1.29, 1.82) is 0 Å². The molecule has 0 aliphatic heterocycles. The minimum Gasteiger partial charge on any atom is -0.469 e. The van der Waals surface area contributed by atoms with Crippen LogP contribution in [0, 0.1) is 6.92 Å². The van der Waals surface area contributed by atoms with Gasteiger partial charge in [0.2, 0.25) is 5.91 Å². The van der Waals surface area contributed by atoms with E-state index in [9.17, 15) is 4.79 Å². The molecule has 1 amide bonds. The fourth-order valence-corrected chi connectivity index (χ4v) is 1.68. The van der Waals surface area contributed by atoms with Crippen molar-refractivity contribution in [2.75, 3.05) is 5.32 Å². The molecule has 0 fully saturated rings. The van der Waals surface area contributed by atoms with Gasteiger partial charge in [-0.2, -0.15) is 0 Å². The summed E-state index contributed by atoms with van der Waals surface area (Å²) in [6.07, 6.45) is 1.77. The van der Waals surface area contributed by atoms with Crippen LogP contribution < -0.4 is 5.32 Å². The summed E-state index contributed by atoms with van der Waals surface area (Å²) in [5.41, 5.74) is 1.59. The number of carbonyl (C=O) groups is 1. The summed E-state index contributed by atoms with van der Waals surface area (Å²) in [4.78, 5) is 11.7. The van der Waals surface area contributed by atoms with Gasteiger partial charge in [0.25, 0.3) is 0 Å². The van der Waals surface area contributed by atoms with Crippen LogP contribution in [-0.2, 0) is 11.2 Å². The Balaban J connectivity index is 2.06. The Kier molecular flexibility index (Phi) is 3.49. The normalized spacial score (nSPS) is 10.2. The molecule has 0 aliphatic rings. The van der Waals surface area contributed by atoms with E-state index in [4.69, 9.17) is 16.0 Å². The van der Waals surface area contributed by atoms with Gasteiger partial charge in [-0.25, -0.2) is 0 Å². The number of anilines is 1. The number of benzene rings is 1. The lowest BCUT2D eigenvalue weighted by molar-refractivity contribution is -0.115. The molecule has 1 aromatic carbocycles. The predicted octanol–water partition coefficient (Wildman–Crippen LogP) is 3.42. The maximum absolute atomic E-state index is 11.7. The predicted molar refractivity (Wildman–Crippen MR) is 67.2 cm³/mol. The first-order chi connectivity index (χ1) is 8.16. The molecule has 0 bridgehead atoms. The maximum atomic E-state index is 11.7. The summed E-state index contributed by atoms with van der Waals surface area (Å²) >= 11 is 5.97. The molecule has 4 heteroatoms. The van der Waals surface area contributed by atoms with Crippen LogP contribution in [0.1, 0.15) is 11.3 Å². The number of hydrogen-bond donors (Lipinski definition) is 1.